The highest BCUT2D eigenvalue weighted by Gasteiger charge is 2.15. The second kappa shape index (κ2) is 8.90. The van der Waals surface area contributed by atoms with Crippen LogP contribution in [0, 0.1) is 0 Å². The van der Waals surface area contributed by atoms with Gasteiger partial charge in [0.2, 0.25) is 5.91 Å². The topological polar surface area (TPSA) is 35.6 Å². The first-order chi connectivity index (χ1) is 9.99. The minimum absolute atomic E-state index is 0.0965. The van der Waals surface area contributed by atoms with Gasteiger partial charge in [0, 0.05) is 37.9 Å². The molecule has 0 saturated carbocycles. The SMILES string of the molecule is CCCNCc1cc(Cl)ccc1N(CC)CC(=O)N(C)C. The van der Waals surface area contributed by atoms with Crippen LogP contribution in [-0.4, -0.2) is 44.5 Å². The van der Waals surface area contributed by atoms with Crippen molar-refractivity contribution in [1.82, 2.24) is 10.2 Å². The number of carbonyl (C=O) groups is 1. The van der Waals surface area contributed by atoms with Crippen LogP contribution in [0.1, 0.15) is 25.8 Å². The van der Waals surface area contributed by atoms with E-state index < -0.39 is 0 Å². The van der Waals surface area contributed by atoms with Crippen molar-refractivity contribution in [2.24, 2.45) is 0 Å². The minimum Gasteiger partial charge on any atom is -0.362 e. The summed E-state index contributed by atoms with van der Waals surface area (Å²) in [4.78, 5) is 15.7. The molecule has 0 bridgehead atoms. The fourth-order valence-corrected chi connectivity index (χ4v) is 2.27. The Bertz CT molecular complexity index is 463. The van der Waals surface area contributed by atoms with E-state index in [4.69, 9.17) is 11.6 Å². The summed E-state index contributed by atoms with van der Waals surface area (Å²) in [5, 5.41) is 4.12. The van der Waals surface area contributed by atoms with Crippen LogP contribution in [-0.2, 0) is 11.3 Å². The van der Waals surface area contributed by atoms with E-state index in [0.717, 1.165) is 42.3 Å². The first-order valence-corrected chi connectivity index (χ1v) is 7.81. The number of likely N-dealkylation sites (N-methyl/N-ethyl adjacent to an activating group) is 2. The Balaban J connectivity index is 2.93. The quantitative estimate of drug-likeness (QED) is 0.750. The molecule has 21 heavy (non-hydrogen) atoms. The Morgan fingerprint density at radius 3 is 2.57 bits per heavy atom. The van der Waals surface area contributed by atoms with Crippen LogP contribution in [0.25, 0.3) is 0 Å². The van der Waals surface area contributed by atoms with Gasteiger partial charge in [0.15, 0.2) is 0 Å². The number of amides is 1. The number of halogens is 1. The summed E-state index contributed by atoms with van der Waals surface area (Å²) in [6.07, 6.45) is 1.09. The largest absolute Gasteiger partial charge is 0.362 e. The van der Waals surface area contributed by atoms with Gasteiger partial charge in [-0.3, -0.25) is 4.79 Å². The molecule has 0 saturated heterocycles. The van der Waals surface area contributed by atoms with Crippen LogP contribution < -0.4 is 10.2 Å². The lowest BCUT2D eigenvalue weighted by Crippen LogP contribution is -2.37. The molecule has 4 nitrogen and oxygen atoms in total. The van der Waals surface area contributed by atoms with Gasteiger partial charge in [-0.05, 0) is 43.7 Å². The molecule has 1 aromatic carbocycles. The molecular weight excluding hydrogens is 286 g/mol. The number of hydrogen-bond acceptors (Lipinski definition) is 3. The molecule has 0 heterocycles. The molecule has 1 N–H and O–H groups in total. The van der Waals surface area contributed by atoms with Crippen molar-refractivity contribution in [2.45, 2.75) is 26.8 Å². The van der Waals surface area contributed by atoms with Gasteiger partial charge >= 0.3 is 0 Å². The fraction of sp³-hybridized carbons (Fsp3) is 0.562. The van der Waals surface area contributed by atoms with E-state index in [-0.39, 0.29) is 5.91 Å². The third-order valence-electron chi connectivity index (χ3n) is 3.33. The van der Waals surface area contributed by atoms with Crippen molar-refractivity contribution in [3.8, 4) is 0 Å². The van der Waals surface area contributed by atoms with E-state index >= 15 is 0 Å². The van der Waals surface area contributed by atoms with Crippen molar-refractivity contribution < 1.29 is 4.79 Å². The van der Waals surface area contributed by atoms with E-state index in [1.807, 2.05) is 18.2 Å². The van der Waals surface area contributed by atoms with Gasteiger partial charge < -0.3 is 15.1 Å². The zero-order valence-corrected chi connectivity index (χ0v) is 14.2. The second-order valence-corrected chi connectivity index (χ2v) is 5.69. The smallest absolute Gasteiger partial charge is 0.241 e. The number of carbonyl (C=O) groups excluding carboxylic acids is 1. The van der Waals surface area contributed by atoms with Crippen molar-refractivity contribution >= 4 is 23.2 Å². The molecule has 0 spiro atoms. The van der Waals surface area contributed by atoms with Gasteiger partial charge in [-0.25, -0.2) is 0 Å². The maximum absolute atomic E-state index is 12.0. The van der Waals surface area contributed by atoms with Crippen molar-refractivity contribution in [1.29, 1.82) is 0 Å². The predicted octanol–water partition coefficient (Wildman–Crippen LogP) is 2.75. The van der Waals surface area contributed by atoms with Gasteiger partial charge in [0.1, 0.15) is 0 Å². The molecule has 1 amide bonds. The number of rotatable bonds is 8. The maximum atomic E-state index is 12.0. The van der Waals surface area contributed by atoms with Crippen molar-refractivity contribution in [3.63, 3.8) is 0 Å². The summed E-state index contributed by atoms with van der Waals surface area (Å²) in [5.74, 6) is 0.0965. The average Bonchev–Trinajstić information content (AvgIpc) is 2.45. The van der Waals surface area contributed by atoms with Crippen LogP contribution in [0.5, 0.6) is 0 Å². The number of hydrogen-bond donors (Lipinski definition) is 1. The highest BCUT2D eigenvalue weighted by Crippen LogP contribution is 2.24. The summed E-state index contributed by atoms with van der Waals surface area (Å²) in [5.41, 5.74) is 2.20. The van der Waals surface area contributed by atoms with Gasteiger partial charge in [-0.2, -0.15) is 0 Å². The molecule has 0 fully saturated rings. The standard InChI is InChI=1S/C16H26ClN3O/c1-5-9-18-11-13-10-14(17)7-8-15(13)20(6-2)12-16(21)19(3)4/h7-8,10,18H,5-6,9,11-12H2,1-4H3. The molecule has 5 heteroatoms. The first-order valence-electron chi connectivity index (χ1n) is 7.43. The zero-order valence-electron chi connectivity index (χ0n) is 13.4. The van der Waals surface area contributed by atoms with Gasteiger partial charge in [-0.1, -0.05) is 18.5 Å². The Morgan fingerprint density at radius 1 is 1.29 bits per heavy atom. The molecule has 0 atom stereocenters. The first kappa shape index (κ1) is 17.8. The zero-order chi connectivity index (χ0) is 15.8. The lowest BCUT2D eigenvalue weighted by Gasteiger charge is -2.27. The summed E-state index contributed by atoms with van der Waals surface area (Å²) < 4.78 is 0. The lowest BCUT2D eigenvalue weighted by molar-refractivity contribution is -0.127. The molecule has 0 aliphatic heterocycles. The van der Waals surface area contributed by atoms with Crippen LogP contribution in [0.15, 0.2) is 18.2 Å². The number of anilines is 1. The normalized spacial score (nSPS) is 10.5. The summed E-state index contributed by atoms with van der Waals surface area (Å²) in [6.45, 7) is 7.08. The summed E-state index contributed by atoms with van der Waals surface area (Å²) >= 11 is 6.11. The number of nitrogens with one attached hydrogen (secondary N) is 1. The molecule has 0 aliphatic rings. The number of nitrogens with zero attached hydrogens (tertiary/aromatic N) is 2. The summed E-state index contributed by atoms with van der Waals surface area (Å²) in [6, 6.07) is 5.85. The monoisotopic (exact) mass is 311 g/mol. The van der Waals surface area contributed by atoms with E-state index in [0.29, 0.717) is 6.54 Å². The molecule has 1 rings (SSSR count). The van der Waals surface area contributed by atoms with E-state index in [2.05, 4.69) is 24.1 Å². The highest BCUT2D eigenvalue weighted by atomic mass is 35.5. The molecule has 0 aromatic heterocycles. The predicted molar refractivity (Wildman–Crippen MR) is 90.0 cm³/mol. The Hall–Kier alpha value is -1.26. The van der Waals surface area contributed by atoms with Gasteiger partial charge in [0.05, 0.1) is 6.54 Å². The molecular formula is C16H26ClN3O. The summed E-state index contributed by atoms with van der Waals surface area (Å²) in [7, 11) is 3.56. The van der Waals surface area contributed by atoms with E-state index in [1.165, 1.54) is 0 Å². The van der Waals surface area contributed by atoms with Crippen LogP contribution in [0.2, 0.25) is 5.02 Å². The van der Waals surface area contributed by atoms with Crippen LogP contribution >= 0.6 is 11.6 Å². The third kappa shape index (κ3) is 5.56. The van der Waals surface area contributed by atoms with Gasteiger partial charge in [-0.15, -0.1) is 0 Å². The van der Waals surface area contributed by atoms with Crippen molar-refractivity contribution in [3.05, 3.63) is 28.8 Å². The molecule has 0 unspecified atom stereocenters. The lowest BCUT2D eigenvalue weighted by atomic mass is 10.1. The molecule has 0 aliphatic carbocycles. The molecule has 118 valence electrons. The van der Waals surface area contributed by atoms with Crippen molar-refractivity contribution in [2.75, 3.05) is 38.6 Å². The van der Waals surface area contributed by atoms with Gasteiger partial charge in [0.25, 0.3) is 0 Å². The van der Waals surface area contributed by atoms with Crippen LogP contribution in [0.4, 0.5) is 5.69 Å². The average molecular weight is 312 g/mol. The Morgan fingerprint density at radius 2 is 2.00 bits per heavy atom. The minimum atomic E-state index is 0.0965. The second-order valence-electron chi connectivity index (χ2n) is 5.25. The van der Waals surface area contributed by atoms with E-state index in [1.54, 1.807) is 19.0 Å². The molecule has 1 aromatic rings. The fourth-order valence-electron chi connectivity index (χ4n) is 2.08. The third-order valence-corrected chi connectivity index (χ3v) is 3.57. The Labute approximate surface area is 133 Å². The maximum Gasteiger partial charge on any atom is 0.241 e. The Kier molecular flexibility index (Phi) is 7.54. The molecule has 0 radical (unpaired) electrons. The van der Waals surface area contributed by atoms with E-state index in [9.17, 15) is 4.79 Å². The highest BCUT2D eigenvalue weighted by molar-refractivity contribution is 6.30. The number of benzene rings is 1. The van der Waals surface area contributed by atoms with Crippen LogP contribution in [0.3, 0.4) is 0 Å².